The highest BCUT2D eigenvalue weighted by atomic mass is 16.4. The Labute approximate surface area is 284 Å². The summed E-state index contributed by atoms with van der Waals surface area (Å²) in [6.07, 6.45) is 0. The second-order valence-electron chi connectivity index (χ2n) is 12.6. The summed E-state index contributed by atoms with van der Waals surface area (Å²) in [7, 11) is 0. The van der Waals surface area contributed by atoms with E-state index in [9.17, 15) is 0 Å². The Morgan fingerprint density at radius 1 is 0.388 bits per heavy atom. The van der Waals surface area contributed by atoms with Gasteiger partial charge in [0.25, 0.3) is 0 Å². The highest BCUT2D eigenvalue weighted by molar-refractivity contribution is 5.96. The van der Waals surface area contributed by atoms with Crippen molar-refractivity contribution in [2.24, 2.45) is 0 Å². The predicted molar refractivity (Wildman–Crippen MR) is 196 cm³/mol. The third kappa shape index (κ3) is 4.04. The van der Waals surface area contributed by atoms with Gasteiger partial charge in [-0.25, -0.2) is 0 Å². The molecule has 1 aromatic heterocycles. The van der Waals surface area contributed by atoms with E-state index in [-0.39, 0.29) is 0 Å². The van der Waals surface area contributed by atoms with E-state index < -0.39 is 5.41 Å². The second kappa shape index (κ2) is 10.8. The van der Waals surface area contributed by atoms with E-state index in [1.54, 1.807) is 0 Å². The zero-order chi connectivity index (χ0) is 32.4. The van der Waals surface area contributed by atoms with Gasteiger partial charge in [0.15, 0.2) is 0 Å². The van der Waals surface area contributed by atoms with Gasteiger partial charge in [0.05, 0.1) is 16.8 Å². The molecular formula is C45H29N3O. The first kappa shape index (κ1) is 27.6. The minimum absolute atomic E-state index is 0.470. The molecule has 0 radical (unpaired) electrons. The molecule has 10 rings (SSSR count). The van der Waals surface area contributed by atoms with E-state index in [2.05, 4.69) is 155 Å². The maximum atomic E-state index is 6.12. The van der Waals surface area contributed by atoms with Crippen LogP contribution in [0.1, 0.15) is 22.3 Å². The minimum Gasteiger partial charge on any atom is -0.416 e. The largest absolute Gasteiger partial charge is 0.416 e. The zero-order valence-electron chi connectivity index (χ0n) is 26.5. The van der Waals surface area contributed by atoms with E-state index in [0.717, 1.165) is 27.9 Å². The van der Waals surface area contributed by atoms with E-state index in [1.165, 1.54) is 44.8 Å². The normalized spacial score (nSPS) is 13.4. The molecule has 230 valence electrons. The lowest BCUT2D eigenvalue weighted by molar-refractivity contribution is 0.584. The summed E-state index contributed by atoms with van der Waals surface area (Å²) < 4.78 is 6.12. The van der Waals surface area contributed by atoms with Gasteiger partial charge in [0, 0.05) is 16.8 Å². The number of aromatic nitrogens is 2. The average Bonchev–Trinajstić information content (AvgIpc) is 3.79. The summed E-state index contributed by atoms with van der Waals surface area (Å²) in [5, 5.41) is 8.72. The lowest BCUT2D eigenvalue weighted by Crippen LogP contribution is -2.36. The fourth-order valence-electron chi connectivity index (χ4n) is 8.01. The van der Waals surface area contributed by atoms with Crippen LogP contribution in [0.5, 0.6) is 0 Å². The van der Waals surface area contributed by atoms with Crippen LogP contribution in [-0.2, 0) is 5.41 Å². The van der Waals surface area contributed by atoms with Crippen molar-refractivity contribution in [2.45, 2.75) is 5.41 Å². The Kier molecular flexibility index (Phi) is 6.06. The fourth-order valence-corrected chi connectivity index (χ4v) is 8.01. The number of para-hydroxylation sites is 3. The lowest BCUT2D eigenvalue weighted by atomic mass is 9.64. The van der Waals surface area contributed by atoms with Crippen LogP contribution < -0.4 is 4.90 Å². The summed E-state index contributed by atoms with van der Waals surface area (Å²) in [5.41, 5.74) is 14.8. The molecular weight excluding hydrogens is 599 g/mol. The van der Waals surface area contributed by atoms with Crippen molar-refractivity contribution >= 4 is 17.1 Å². The average molecular weight is 628 g/mol. The van der Waals surface area contributed by atoms with Gasteiger partial charge < -0.3 is 9.32 Å². The first-order chi connectivity index (χ1) is 24.3. The van der Waals surface area contributed by atoms with Crippen LogP contribution in [0.2, 0.25) is 0 Å². The molecule has 0 N–H and O–H groups in total. The Bertz CT molecular complexity index is 2470. The first-order valence-corrected chi connectivity index (χ1v) is 16.6. The van der Waals surface area contributed by atoms with Gasteiger partial charge >= 0.3 is 0 Å². The van der Waals surface area contributed by atoms with Crippen LogP contribution in [0, 0.1) is 0 Å². The molecule has 7 aromatic carbocycles. The highest BCUT2D eigenvalue weighted by Gasteiger charge is 2.51. The summed E-state index contributed by atoms with van der Waals surface area (Å²) in [4.78, 5) is 2.41. The molecule has 1 spiro atoms. The lowest BCUT2D eigenvalue weighted by Gasteiger charge is -2.45. The summed E-state index contributed by atoms with van der Waals surface area (Å²) >= 11 is 0. The number of anilines is 3. The monoisotopic (exact) mass is 627 g/mol. The number of rotatable bonds is 4. The number of fused-ring (bicyclic) bond motifs is 9. The van der Waals surface area contributed by atoms with Crippen LogP contribution in [0.15, 0.2) is 180 Å². The van der Waals surface area contributed by atoms with Crippen molar-refractivity contribution in [3.05, 3.63) is 198 Å². The Balaban J connectivity index is 1.15. The van der Waals surface area contributed by atoms with Gasteiger partial charge in [-0.1, -0.05) is 121 Å². The van der Waals surface area contributed by atoms with Gasteiger partial charge in [0.1, 0.15) is 0 Å². The molecule has 2 heterocycles. The molecule has 0 fully saturated rings. The van der Waals surface area contributed by atoms with Gasteiger partial charge in [-0.15, -0.1) is 10.2 Å². The quantitative estimate of drug-likeness (QED) is 0.195. The third-order valence-electron chi connectivity index (χ3n) is 10.0. The number of hydrogen-bond donors (Lipinski definition) is 0. The van der Waals surface area contributed by atoms with Crippen molar-refractivity contribution < 1.29 is 4.42 Å². The molecule has 0 atom stereocenters. The Morgan fingerprint density at radius 2 is 0.918 bits per heavy atom. The van der Waals surface area contributed by atoms with Crippen molar-refractivity contribution in [1.29, 1.82) is 0 Å². The molecule has 4 nitrogen and oxygen atoms in total. The molecule has 2 aliphatic rings. The van der Waals surface area contributed by atoms with Crippen molar-refractivity contribution in [3.63, 3.8) is 0 Å². The number of hydrogen-bond acceptors (Lipinski definition) is 4. The number of benzene rings is 7. The van der Waals surface area contributed by atoms with Crippen molar-refractivity contribution in [2.75, 3.05) is 4.90 Å². The standard InChI is InChI=1S/C45H29N3O/c1-3-14-30(15-4-1)43-46-47-44(49-43)33-17-13-16-31(28-33)32-26-27-38-36(29-32)35-20-7-8-21-37(35)45(38)39-22-9-11-24-41(39)48(34-18-5-2-6-19-34)42-25-12-10-23-40(42)45/h1-29H. The maximum Gasteiger partial charge on any atom is 0.248 e. The first-order valence-electron chi connectivity index (χ1n) is 16.6. The third-order valence-corrected chi connectivity index (χ3v) is 10.0. The number of nitrogens with zero attached hydrogens (tertiary/aromatic N) is 3. The molecule has 1 aliphatic carbocycles. The smallest absolute Gasteiger partial charge is 0.248 e. The maximum absolute atomic E-state index is 6.12. The SMILES string of the molecule is c1ccc(-c2nnc(-c3cccc(-c4ccc5c(c4)-c4ccccc4C54c5ccccc5N(c5ccccc5)c5ccccc54)c3)o2)cc1. The van der Waals surface area contributed by atoms with E-state index >= 15 is 0 Å². The van der Waals surface area contributed by atoms with Crippen LogP contribution in [-0.4, -0.2) is 10.2 Å². The van der Waals surface area contributed by atoms with E-state index in [4.69, 9.17) is 4.42 Å². The van der Waals surface area contributed by atoms with Crippen molar-refractivity contribution in [3.8, 4) is 45.2 Å². The van der Waals surface area contributed by atoms with Crippen molar-refractivity contribution in [1.82, 2.24) is 10.2 Å². The van der Waals surface area contributed by atoms with Crippen LogP contribution in [0.25, 0.3) is 45.2 Å². The topological polar surface area (TPSA) is 42.2 Å². The zero-order valence-corrected chi connectivity index (χ0v) is 26.5. The van der Waals surface area contributed by atoms with E-state index in [1.807, 2.05) is 36.4 Å². The molecule has 49 heavy (non-hydrogen) atoms. The highest BCUT2D eigenvalue weighted by Crippen LogP contribution is 2.63. The summed E-state index contributed by atoms with van der Waals surface area (Å²) in [6.45, 7) is 0. The summed E-state index contributed by atoms with van der Waals surface area (Å²) in [6, 6.07) is 62.7. The van der Waals surface area contributed by atoms with E-state index in [0.29, 0.717) is 11.8 Å². The van der Waals surface area contributed by atoms with Crippen LogP contribution >= 0.6 is 0 Å². The molecule has 0 unspecified atom stereocenters. The van der Waals surface area contributed by atoms with Gasteiger partial charge in [-0.05, 0) is 99.1 Å². The fraction of sp³-hybridized carbons (Fsp3) is 0.0222. The van der Waals surface area contributed by atoms with Gasteiger partial charge in [-0.2, -0.15) is 0 Å². The molecule has 8 aromatic rings. The molecule has 0 amide bonds. The molecule has 1 aliphatic heterocycles. The predicted octanol–water partition coefficient (Wildman–Crippen LogP) is 11.2. The molecule has 0 bridgehead atoms. The second-order valence-corrected chi connectivity index (χ2v) is 12.6. The molecule has 0 saturated heterocycles. The molecule has 4 heteroatoms. The Hall–Kier alpha value is -6.52. The molecule has 0 saturated carbocycles. The van der Waals surface area contributed by atoms with Gasteiger partial charge in [-0.3, -0.25) is 0 Å². The summed E-state index contributed by atoms with van der Waals surface area (Å²) in [5.74, 6) is 1.02. The van der Waals surface area contributed by atoms with Gasteiger partial charge in [0.2, 0.25) is 11.8 Å². The van der Waals surface area contributed by atoms with Crippen LogP contribution in [0.4, 0.5) is 17.1 Å². The Morgan fingerprint density at radius 3 is 1.65 bits per heavy atom. The minimum atomic E-state index is -0.470. The van der Waals surface area contributed by atoms with Crippen LogP contribution in [0.3, 0.4) is 0 Å².